The third kappa shape index (κ3) is 7.11. The number of imidazole rings is 1. The fourth-order valence-corrected chi connectivity index (χ4v) is 8.01. The van der Waals surface area contributed by atoms with Gasteiger partial charge in [-0.15, -0.1) is 0 Å². The fourth-order valence-electron chi connectivity index (χ4n) is 8.01. The maximum Gasteiger partial charge on any atom is 0.255 e. The summed E-state index contributed by atoms with van der Waals surface area (Å²) in [5.41, 5.74) is 4.95. The molecule has 2 aliphatic heterocycles. The molecule has 2 saturated heterocycles. The topological polar surface area (TPSA) is 86.7 Å². The van der Waals surface area contributed by atoms with E-state index >= 15 is 0 Å². The average molecular weight is 695 g/mol. The molecule has 0 bridgehead atoms. The van der Waals surface area contributed by atoms with Crippen LogP contribution < -0.4 is 0 Å². The summed E-state index contributed by atoms with van der Waals surface area (Å²) in [5, 5.41) is 4.70. The maximum atomic E-state index is 14.1. The van der Waals surface area contributed by atoms with Crippen molar-refractivity contribution >= 4 is 33.4 Å². The van der Waals surface area contributed by atoms with Crippen molar-refractivity contribution < 1.29 is 14.3 Å². The standard InChI is InChI=1S/C43H46N6O3/c1-46-19-21-48(22-20-46)43(51)39-25-44-24-38(39)42(37-12-6-10-34-8-4-5-11-36(34)37)40-26-45-30-49(40)27-31-15-17-47(18-16-31)41(50)29-52-28-32-13-14-33-7-2-3-9-35(33)23-32/h2-14,23-26,30-31,42,44H,15-22,27-29H2,1H3. The van der Waals surface area contributed by atoms with Crippen molar-refractivity contribution in [2.45, 2.75) is 31.9 Å². The minimum atomic E-state index is -0.201. The van der Waals surface area contributed by atoms with Crippen LogP contribution in [0.2, 0.25) is 0 Å². The van der Waals surface area contributed by atoms with Gasteiger partial charge in [0, 0.05) is 70.1 Å². The van der Waals surface area contributed by atoms with Gasteiger partial charge in [0.05, 0.1) is 24.4 Å². The number of nitrogens with zero attached hydrogens (tertiary/aromatic N) is 5. The smallest absolute Gasteiger partial charge is 0.255 e. The zero-order valence-corrected chi connectivity index (χ0v) is 29.8. The average Bonchev–Trinajstić information content (AvgIpc) is 3.86. The Morgan fingerprint density at radius 2 is 1.56 bits per heavy atom. The molecule has 9 heteroatoms. The number of likely N-dealkylation sites (N-methyl/N-ethyl adjacent to an activating group) is 1. The van der Waals surface area contributed by atoms with Crippen LogP contribution in [-0.4, -0.2) is 94.0 Å². The van der Waals surface area contributed by atoms with Gasteiger partial charge in [0.25, 0.3) is 5.91 Å². The highest BCUT2D eigenvalue weighted by atomic mass is 16.5. The molecule has 2 aromatic heterocycles. The molecule has 4 heterocycles. The number of rotatable bonds is 10. The number of hydrogen-bond acceptors (Lipinski definition) is 5. The number of benzene rings is 4. The van der Waals surface area contributed by atoms with Crippen LogP contribution in [0, 0.1) is 5.92 Å². The van der Waals surface area contributed by atoms with Gasteiger partial charge >= 0.3 is 0 Å². The second-order valence-corrected chi connectivity index (χ2v) is 14.4. The Morgan fingerprint density at radius 1 is 0.808 bits per heavy atom. The monoisotopic (exact) mass is 694 g/mol. The van der Waals surface area contributed by atoms with Crippen molar-refractivity contribution in [1.82, 2.24) is 29.2 Å². The van der Waals surface area contributed by atoms with Gasteiger partial charge in [-0.05, 0) is 70.1 Å². The molecular formula is C43H46N6O3. The van der Waals surface area contributed by atoms with Gasteiger partial charge in [-0.3, -0.25) is 9.59 Å². The molecule has 2 fully saturated rings. The van der Waals surface area contributed by atoms with E-state index in [1.807, 2.05) is 46.9 Å². The molecular weight excluding hydrogens is 649 g/mol. The Balaban J connectivity index is 0.972. The molecule has 9 nitrogen and oxygen atoms in total. The summed E-state index contributed by atoms with van der Waals surface area (Å²) in [6.45, 7) is 5.88. The Morgan fingerprint density at radius 3 is 2.38 bits per heavy atom. The Hall–Kier alpha value is -5.25. The summed E-state index contributed by atoms with van der Waals surface area (Å²) in [5.74, 6) is 0.302. The highest BCUT2D eigenvalue weighted by molar-refractivity contribution is 5.97. The van der Waals surface area contributed by atoms with Gasteiger partial charge in [-0.1, -0.05) is 78.9 Å². The lowest BCUT2D eigenvalue weighted by Crippen LogP contribution is -2.47. The summed E-state index contributed by atoms with van der Waals surface area (Å²) in [6, 6.07) is 29.5. The third-order valence-electron chi connectivity index (χ3n) is 11.0. The molecule has 1 N–H and O–H groups in total. The van der Waals surface area contributed by atoms with Crippen molar-refractivity contribution in [2.24, 2.45) is 5.92 Å². The lowest BCUT2D eigenvalue weighted by atomic mass is 9.84. The van der Waals surface area contributed by atoms with Crippen molar-refractivity contribution in [3.63, 3.8) is 0 Å². The SMILES string of the molecule is CN1CCN(C(=O)c2c[nH]cc2C(c2cccc3ccccc23)c2cncn2CC2CCN(C(=O)COCc3ccc4ccccc4c3)CC2)CC1. The number of aromatic amines is 1. The number of aromatic nitrogens is 3. The van der Waals surface area contributed by atoms with E-state index in [1.165, 1.54) is 10.8 Å². The molecule has 52 heavy (non-hydrogen) atoms. The first-order valence-corrected chi connectivity index (χ1v) is 18.5. The van der Waals surface area contributed by atoms with Crippen LogP contribution in [0.25, 0.3) is 21.5 Å². The largest absolute Gasteiger partial charge is 0.367 e. The molecule has 0 spiro atoms. The minimum absolute atomic E-state index is 0.0450. The number of hydrogen-bond donors (Lipinski definition) is 1. The van der Waals surface area contributed by atoms with Crippen LogP contribution >= 0.6 is 0 Å². The summed E-state index contributed by atoms with van der Waals surface area (Å²) in [7, 11) is 2.10. The quantitative estimate of drug-likeness (QED) is 0.176. The van der Waals surface area contributed by atoms with Gasteiger partial charge in [-0.2, -0.15) is 0 Å². The number of piperidine rings is 1. The van der Waals surface area contributed by atoms with Gasteiger partial charge in [0.1, 0.15) is 6.61 Å². The highest BCUT2D eigenvalue weighted by Crippen LogP contribution is 2.38. The Bertz CT molecular complexity index is 2170. The number of carbonyl (C=O) groups is 2. The summed E-state index contributed by atoms with van der Waals surface area (Å²) < 4.78 is 8.16. The van der Waals surface area contributed by atoms with Crippen molar-refractivity contribution in [3.05, 3.63) is 138 Å². The molecule has 266 valence electrons. The van der Waals surface area contributed by atoms with Gasteiger partial charge in [0.2, 0.25) is 5.91 Å². The van der Waals surface area contributed by atoms with E-state index in [1.54, 1.807) is 0 Å². The molecule has 0 radical (unpaired) electrons. The van der Waals surface area contributed by atoms with Crippen molar-refractivity contribution in [3.8, 4) is 0 Å². The predicted molar refractivity (Wildman–Crippen MR) is 204 cm³/mol. The first kappa shape index (κ1) is 33.9. The molecule has 8 rings (SSSR count). The molecule has 1 unspecified atom stereocenters. The Kier molecular flexibility index (Phi) is 9.87. The van der Waals surface area contributed by atoms with E-state index in [4.69, 9.17) is 4.74 Å². The molecule has 0 saturated carbocycles. The third-order valence-corrected chi connectivity index (χ3v) is 11.0. The second kappa shape index (κ2) is 15.2. The summed E-state index contributed by atoms with van der Waals surface area (Å²) in [6.07, 6.45) is 9.58. The van der Waals surface area contributed by atoms with Gasteiger partial charge < -0.3 is 29.0 Å². The number of H-pyrrole nitrogens is 1. The van der Waals surface area contributed by atoms with Crippen LogP contribution in [0.1, 0.15) is 51.5 Å². The first-order chi connectivity index (χ1) is 25.5. The molecule has 2 amide bonds. The lowest BCUT2D eigenvalue weighted by molar-refractivity contribution is -0.138. The summed E-state index contributed by atoms with van der Waals surface area (Å²) in [4.78, 5) is 41.4. The zero-order chi connectivity index (χ0) is 35.4. The normalized spacial score (nSPS) is 16.5. The highest BCUT2D eigenvalue weighted by Gasteiger charge is 2.31. The number of fused-ring (bicyclic) bond motifs is 2. The van der Waals surface area contributed by atoms with E-state index < -0.39 is 0 Å². The van der Waals surface area contributed by atoms with E-state index in [-0.39, 0.29) is 24.3 Å². The van der Waals surface area contributed by atoms with Crippen LogP contribution in [0.5, 0.6) is 0 Å². The number of amides is 2. The van der Waals surface area contributed by atoms with Crippen molar-refractivity contribution in [2.75, 3.05) is 52.9 Å². The first-order valence-electron chi connectivity index (χ1n) is 18.5. The number of likely N-dealkylation sites (tertiary alicyclic amines) is 1. The number of ether oxygens (including phenoxy) is 1. The molecule has 0 aliphatic carbocycles. The summed E-state index contributed by atoms with van der Waals surface area (Å²) >= 11 is 0. The lowest BCUT2D eigenvalue weighted by Gasteiger charge is -2.33. The molecule has 2 aliphatic rings. The van der Waals surface area contributed by atoms with Gasteiger partial charge in [0.15, 0.2) is 0 Å². The van der Waals surface area contributed by atoms with Crippen molar-refractivity contribution in [1.29, 1.82) is 0 Å². The minimum Gasteiger partial charge on any atom is -0.367 e. The number of carbonyl (C=O) groups excluding carboxylic acids is 2. The number of piperazine rings is 1. The molecule has 6 aromatic rings. The van der Waals surface area contributed by atoms with Crippen LogP contribution in [0.4, 0.5) is 0 Å². The van der Waals surface area contributed by atoms with Crippen LogP contribution in [-0.2, 0) is 22.7 Å². The second-order valence-electron chi connectivity index (χ2n) is 14.4. The zero-order valence-electron chi connectivity index (χ0n) is 29.8. The van der Waals surface area contributed by atoms with Crippen LogP contribution in [0.3, 0.4) is 0 Å². The van der Waals surface area contributed by atoms with E-state index in [0.717, 1.165) is 65.6 Å². The van der Waals surface area contributed by atoms with Gasteiger partial charge in [-0.25, -0.2) is 4.98 Å². The molecule has 4 aromatic carbocycles. The number of nitrogens with one attached hydrogen (secondary N) is 1. The maximum absolute atomic E-state index is 14.1. The molecule has 1 atom stereocenters. The Labute approximate surface area is 304 Å². The van der Waals surface area contributed by atoms with E-state index in [2.05, 4.69) is 99.3 Å². The van der Waals surface area contributed by atoms with E-state index in [9.17, 15) is 9.59 Å². The van der Waals surface area contributed by atoms with Crippen LogP contribution in [0.15, 0.2) is 110 Å². The predicted octanol–water partition coefficient (Wildman–Crippen LogP) is 6.54. The fraction of sp³-hybridized carbons (Fsp3) is 0.326. The van der Waals surface area contributed by atoms with E-state index in [0.29, 0.717) is 44.3 Å².